The van der Waals surface area contributed by atoms with Crippen molar-refractivity contribution < 1.29 is 18.0 Å². The predicted molar refractivity (Wildman–Crippen MR) is 54.9 cm³/mol. The number of carbonyl (C=O) groups is 1. The van der Waals surface area contributed by atoms with Gasteiger partial charge in [0.1, 0.15) is 0 Å². The first-order valence-electron chi connectivity index (χ1n) is 4.61. The van der Waals surface area contributed by atoms with E-state index in [0.717, 1.165) is 11.0 Å². The number of amides is 1. The van der Waals surface area contributed by atoms with Crippen LogP contribution in [-0.2, 0) is 4.79 Å². The van der Waals surface area contributed by atoms with Gasteiger partial charge in [-0.15, -0.1) is 0 Å². The fourth-order valence-electron chi connectivity index (χ4n) is 1.44. The highest BCUT2D eigenvalue weighted by molar-refractivity contribution is 6.30. The minimum atomic E-state index is -4.54. The smallest absolute Gasteiger partial charge is 0.345 e. The third-order valence-corrected chi connectivity index (χ3v) is 2.51. The number of rotatable bonds is 1. The van der Waals surface area contributed by atoms with E-state index in [1.54, 1.807) is 0 Å². The Bertz CT molecular complexity index is 369. The van der Waals surface area contributed by atoms with Gasteiger partial charge in [-0.25, -0.2) is 0 Å². The molecule has 0 spiro atoms. The number of likely N-dealkylation sites (N-methyl/N-ethyl adjacent to an activating group) is 1. The fraction of sp³-hybridized carbons (Fsp3) is 0.500. The number of alkyl halides is 3. The molecule has 1 aliphatic carbocycles. The van der Waals surface area contributed by atoms with Crippen LogP contribution in [0.2, 0.25) is 0 Å². The largest absolute Gasteiger partial charge is 0.416 e. The zero-order valence-corrected chi connectivity index (χ0v) is 9.61. The Hall–Kier alpha value is -0.970. The van der Waals surface area contributed by atoms with Crippen LogP contribution in [0.25, 0.3) is 0 Å². The number of allylic oxidation sites excluding steroid dienone is 3. The van der Waals surface area contributed by atoms with Gasteiger partial charge in [0.2, 0.25) is 5.91 Å². The number of carbonyl (C=O) groups excluding carboxylic acids is 1. The van der Waals surface area contributed by atoms with E-state index in [9.17, 15) is 18.0 Å². The summed E-state index contributed by atoms with van der Waals surface area (Å²) in [5.74, 6) is -0.618. The number of hydrogen-bond donors (Lipinski definition) is 0. The highest BCUT2D eigenvalue weighted by Crippen LogP contribution is 2.37. The second-order valence-corrected chi connectivity index (χ2v) is 4.17. The monoisotopic (exact) mass is 253 g/mol. The van der Waals surface area contributed by atoms with Crippen molar-refractivity contribution >= 4 is 17.5 Å². The van der Waals surface area contributed by atoms with Crippen molar-refractivity contribution in [3.8, 4) is 0 Å². The molecule has 1 amide bonds. The lowest BCUT2D eigenvalue weighted by atomic mass is 9.96. The van der Waals surface area contributed by atoms with Gasteiger partial charge in [0.15, 0.2) is 0 Å². The van der Waals surface area contributed by atoms with Crippen LogP contribution in [0.15, 0.2) is 22.3 Å². The summed E-state index contributed by atoms with van der Waals surface area (Å²) in [6, 6.07) is 0. The van der Waals surface area contributed by atoms with E-state index in [4.69, 9.17) is 11.6 Å². The molecular formula is C10H11ClF3NO. The second-order valence-electron chi connectivity index (χ2n) is 3.68. The van der Waals surface area contributed by atoms with Crippen molar-refractivity contribution in [1.82, 2.24) is 4.90 Å². The first-order chi connectivity index (χ1) is 7.23. The van der Waals surface area contributed by atoms with Crippen LogP contribution in [0.5, 0.6) is 0 Å². The van der Waals surface area contributed by atoms with Gasteiger partial charge in [0.25, 0.3) is 0 Å². The van der Waals surface area contributed by atoms with E-state index < -0.39 is 17.7 Å². The topological polar surface area (TPSA) is 20.3 Å². The lowest BCUT2D eigenvalue weighted by Gasteiger charge is -2.21. The van der Waals surface area contributed by atoms with E-state index in [1.165, 1.54) is 14.1 Å². The summed E-state index contributed by atoms with van der Waals surface area (Å²) in [5.41, 5.74) is -1.15. The maximum absolute atomic E-state index is 12.7. The van der Waals surface area contributed by atoms with E-state index in [1.807, 2.05) is 0 Å². The number of nitrogens with zero attached hydrogens (tertiary/aromatic N) is 1. The summed E-state index contributed by atoms with van der Waals surface area (Å²) in [5, 5.41) is 0.127. The molecule has 90 valence electrons. The molecule has 6 heteroatoms. The quantitative estimate of drug-likeness (QED) is 0.704. The number of halogens is 4. The lowest BCUT2D eigenvalue weighted by molar-refractivity contribution is -0.126. The Morgan fingerprint density at radius 3 is 2.38 bits per heavy atom. The molecule has 0 saturated heterocycles. The molecule has 0 aromatic rings. The van der Waals surface area contributed by atoms with Crippen molar-refractivity contribution in [3.63, 3.8) is 0 Å². The second kappa shape index (κ2) is 4.49. The van der Waals surface area contributed by atoms with Gasteiger partial charge in [-0.3, -0.25) is 4.79 Å². The zero-order chi connectivity index (χ0) is 12.5. The van der Waals surface area contributed by atoms with Gasteiger partial charge in [0, 0.05) is 24.7 Å². The van der Waals surface area contributed by atoms with Crippen LogP contribution in [0.4, 0.5) is 13.2 Å². The van der Waals surface area contributed by atoms with E-state index in [0.29, 0.717) is 0 Å². The molecule has 0 fully saturated rings. The van der Waals surface area contributed by atoms with Gasteiger partial charge < -0.3 is 4.90 Å². The van der Waals surface area contributed by atoms with Crippen molar-refractivity contribution in [2.45, 2.75) is 19.0 Å². The summed E-state index contributed by atoms with van der Waals surface area (Å²) in [7, 11) is 2.84. The summed E-state index contributed by atoms with van der Waals surface area (Å²) < 4.78 is 38.0. The van der Waals surface area contributed by atoms with E-state index >= 15 is 0 Å². The molecule has 0 saturated carbocycles. The van der Waals surface area contributed by atoms with Crippen molar-refractivity contribution in [3.05, 3.63) is 22.3 Å². The normalized spacial score (nSPS) is 17.2. The molecule has 1 aliphatic rings. The standard InChI is InChI=1S/C10H11ClF3NO/c1-15(2)9(16)7-4-3-6(11)5-8(7)10(12,13)14/h5H,3-4H2,1-2H3. The maximum atomic E-state index is 12.7. The van der Waals surface area contributed by atoms with Crippen LogP contribution in [0.3, 0.4) is 0 Å². The molecule has 0 aliphatic heterocycles. The minimum absolute atomic E-state index is 0.0290. The Balaban J connectivity index is 3.23. The van der Waals surface area contributed by atoms with Crippen LogP contribution >= 0.6 is 11.6 Å². The Morgan fingerprint density at radius 2 is 1.94 bits per heavy atom. The van der Waals surface area contributed by atoms with Crippen LogP contribution in [-0.4, -0.2) is 31.1 Å². The first kappa shape index (κ1) is 13.1. The predicted octanol–water partition coefficient (Wildman–Crippen LogP) is 2.85. The SMILES string of the molecule is CN(C)C(=O)C1=C(C(F)(F)F)C=C(Cl)CC1. The van der Waals surface area contributed by atoms with Crippen molar-refractivity contribution in [2.75, 3.05) is 14.1 Å². The summed E-state index contributed by atoms with van der Waals surface area (Å²) in [4.78, 5) is 12.7. The first-order valence-corrected chi connectivity index (χ1v) is 4.99. The molecule has 0 unspecified atom stereocenters. The third kappa shape index (κ3) is 2.78. The summed E-state index contributed by atoms with van der Waals surface area (Å²) in [6.45, 7) is 0. The average Bonchev–Trinajstić information content (AvgIpc) is 2.15. The molecule has 0 atom stereocenters. The molecule has 0 bridgehead atoms. The van der Waals surface area contributed by atoms with Crippen molar-refractivity contribution in [1.29, 1.82) is 0 Å². The van der Waals surface area contributed by atoms with Crippen LogP contribution in [0, 0.1) is 0 Å². The molecule has 0 N–H and O–H groups in total. The lowest BCUT2D eigenvalue weighted by Crippen LogP contribution is -2.28. The van der Waals surface area contributed by atoms with Gasteiger partial charge >= 0.3 is 6.18 Å². The third-order valence-electron chi connectivity index (χ3n) is 2.21. The summed E-state index contributed by atoms with van der Waals surface area (Å²) in [6.07, 6.45) is -3.40. The van der Waals surface area contributed by atoms with Crippen molar-refractivity contribution in [2.24, 2.45) is 0 Å². The highest BCUT2D eigenvalue weighted by Gasteiger charge is 2.38. The number of hydrogen-bond acceptors (Lipinski definition) is 1. The molecule has 0 aromatic carbocycles. The molecule has 16 heavy (non-hydrogen) atoms. The Kier molecular flexibility index (Phi) is 3.68. The highest BCUT2D eigenvalue weighted by atomic mass is 35.5. The van der Waals surface area contributed by atoms with Crippen LogP contribution < -0.4 is 0 Å². The van der Waals surface area contributed by atoms with E-state index in [2.05, 4.69) is 0 Å². The van der Waals surface area contributed by atoms with Crippen LogP contribution in [0.1, 0.15) is 12.8 Å². The molecule has 0 radical (unpaired) electrons. The molecule has 0 aromatic heterocycles. The minimum Gasteiger partial charge on any atom is -0.345 e. The molecule has 0 heterocycles. The molecular weight excluding hydrogens is 243 g/mol. The average molecular weight is 254 g/mol. The van der Waals surface area contributed by atoms with Gasteiger partial charge in [-0.05, 0) is 18.9 Å². The fourth-order valence-corrected chi connectivity index (χ4v) is 1.64. The Morgan fingerprint density at radius 1 is 1.38 bits per heavy atom. The molecule has 2 nitrogen and oxygen atoms in total. The van der Waals surface area contributed by atoms with Gasteiger partial charge in [-0.2, -0.15) is 13.2 Å². The summed E-state index contributed by atoms with van der Waals surface area (Å²) >= 11 is 5.57. The van der Waals surface area contributed by atoms with Gasteiger partial charge in [-0.1, -0.05) is 11.6 Å². The molecule has 1 rings (SSSR count). The van der Waals surface area contributed by atoms with Gasteiger partial charge in [0.05, 0.1) is 5.57 Å². The zero-order valence-electron chi connectivity index (χ0n) is 8.86. The maximum Gasteiger partial charge on any atom is 0.416 e. The van der Waals surface area contributed by atoms with E-state index in [-0.39, 0.29) is 23.4 Å². The Labute approximate surface area is 96.4 Å².